The zero-order valence-corrected chi connectivity index (χ0v) is 22.9. The third-order valence-electron chi connectivity index (χ3n) is 6.07. The van der Waals surface area contributed by atoms with Gasteiger partial charge in [-0.2, -0.15) is 0 Å². The van der Waals surface area contributed by atoms with Crippen molar-refractivity contribution in [3.05, 3.63) is 40.5 Å². The van der Waals surface area contributed by atoms with Crippen LogP contribution < -0.4 is 14.2 Å². The number of rotatable bonds is 10. The molecule has 0 bridgehead atoms. The summed E-state index contributed by atoms with van der Waals surface area (Å²) >= 11 is 0. The molecule has 35 heavy (non-hydrogen) atoms. The van der Waals surface area contributed by atoms with Crippen LogP contribution in [0.3, 0.4) is 0 Å². The van der Waals surface area contributed by atoms with Gasteiger partial charge in [-0.15, -0.1) is 0 Å². The van der Waals surface area contributed by atoms with Gasteiger partial charge in [0.05, 0.1) is 24.5 Å². The third kappa shape index (κ3) is 6.44. The summed E-state index contributed by atoms with van der Waals surface area (Å²) in [6.45, 7) is 13.1. The maximum absolute atomic E-state index is 12.4. The van der Waals surface area contributed by atoms with Crippen LogP contribution in [0.15, 0.2) is 18.2 Å². The van der Waals surface area contributed by atoms with Crippen LogP contribution in [-0.4, -0.2) is 35.6 Å². The molecule has 1 N–H and O–H groups in total. The molecule has 0 aromatic heterocycles. The minimum Gasteiger partial charge on any atom is -0.493 e. The number of aryl methyl sites for hydroxylation is 1. The molecule has 3 rings (SSSR count). The molecular weight excluding hydrogens is 462 g/mol. The van der Waals surface area contributed by atoms with Crippen molar-refractivity contribution in [2.45, 2.75) is 78.9 Å². The average molecular weight is 502 g/mol. The monoisotopic (exact) mass is 501 g/mol. The van der Waals surface area contributed by atoms with Crippen LogP contribution in [0.4, 0.5) is 5.69 Å². The summed E-state index contributed by atoms with van der Waals surface area (Å²) in [6, 6.07) is 6.20. The summed E-state index contributed by atoms with van der Waals surface area (Å²) < 4.78 is 33.7. The summed E-state index contributed by atoms with van der Waals surface area (Å²) in [6.07, 6.45) is 5.47. The Kier molecular flexibility index (Phi) is 9.00. The Morgan fingerprint density at radius 2 is 1.97 bits per heavy atom. The number of ether oxygens (including phenoxy) is 3. The first-order valence-electron chi connectivity index (χ1n) is 12.4. The summed E-state index contributed by atoms with van der Waals surface area (Å²) in [4.78, 5) is 12.4. The van der Waals surface area contributed by atoms with E-state index in [2.05, 4.69) is 17.7 Å². The summed E-state index contributed by atoms with van der Waals surface area (Å²) in [5.41, 5.74) is 5.60. The van der Waals surface area contributed by atoms with Gasteiger partial charge in [0.2, 0.25) is 0 Å². The fourth-order valence-corrected chi connectivity index (χ4v) is 5.07. The Hall–Kier alpha value is -2.38. The molecular formula is C28H39NO5S. The van der Waals surface area contributed by atoms with Crippen molar-refractivity contribution in [2.75, 3.05) is 24.2 Å². The highest BCUT2D eigenvalue weighted by atomic mass is 32.2. The Labute approximate surface area is 212 Å². The molecule has 2 atom stereocenters. The number of carbonyl (C=O) groups excluding carboxylic acids is 1. The van der Waals surface area contributed by atoms with Gasteiger partial charge in [0.15, 0.2) is 6.29 Å². The molecule has 2 aromatic rings. The minimum absolute atomic E-state index is 0.537. The Bertz CT molecular complexity index is 1090. The first kappa shape index (κ1) is 27.2. The number of benzene rings is 2. The predicted octanol–water partition coefficient (Wildman–Crippen LogP) is 6.23. The van der Waals surface area contributed by atoms with E-state index >= 15 is 0 Å². The lowest BCUT2D eigenvalue weighted by Gasteiger charge is -2.30. The van der Waals surface area contributed by atoms with E-state index < -0.39 is 22.7 Å². The molecule has 192 valence electrons. The van der Waals surface area contributed by atoms with Gasteiger partial charge in [-0.3, -0.25) is 0 Å². The summed E-state index contributed by atoms with van der Waals surface area (Å²) in [7, 11) is -1.32. The molecule has 0 amide bonds. The number of fused-ring (bicyclic) bond motifs is 1. The molecule has 0 saturated heterocycles. The molecule has 2 aromatic carbocycles. The number of anilines is 1. The number of nitrogens with one attached hydrogen (secondary N) is 1. The standard InChI is InChI=1S/C28H39NO5S/c1-8-9-14-33-27-19(3)24(21-12-13-22-20(16-21)11-10-15-32-22)25(18(2)26(27)29-35(7)31)23(17-30)34-28(4,5)6/h12-13,16-17,23,29H,8-11,14-15H2,1-7H3. The molecule has 1 aliphatic rings. The minimum atomic E-state index is -1.32. The van der Waals surface area contributed by atoms with Crippen LogP contribution in [-0.2, 0) is 26.9 Å². The number of unbranched alkanes of at least 4 members (excludes halogenated alkanes) is 1. The molecule has 7 heteroatoms. The molecule has 1 heterocycles. The van der Waals surface area contributed by atoms with Crippen LogP contribution >= 0.6 is 0 Å². The fraction of sp³-hybridized carbons (Fsp3) is 0.536. The Balaban J connectivity index is 2.33. The highest BCUT2D eigenvalue weighted by Gasteiger charge is 2.30. The molecule has 0 radical (unpaired) electrons. The van der Waals surface area contributed by atoms with Crippen molar-refractivity contribution in [3.63, 3.8) is 0 Å². The fourth-order valence-electron chi connectivity index (χ4n) is 4.54. The lowest BCUT2D eigenvalue weighted by atomic mass is 9.86. The molecule has 0 spiro atoms. The van der Waals surface area contributed by atoms with Gasteiger partial charge in [0.1, 0.15) is 28.6 Å². The van der Waals surface area contributed by atoms with Gasteiger partial charge < -0.3 is 23.7 Å². The normalized spacial score (nSPS) is 15.1. The van der Waals surface area contributed by atoms with Crippen LogP contribution in [0.2, 0.25) is 0 Å². The predicted molar refractivity (Wildman–Crippen MR) is 143 cm³/mol. The van der Waals surface area contributed by atoms with Crippen LogP contribution in [0.25, 0.3) is 11.1 Å². The van der Waals surface area contributed by atoms with Gasteiger partial charge in [-0.25, -0.2) is 4.21 Å². The van der Waals surface area contributed by atoms with Gasteiger partial charge >= 0.3 is 0 Å². The number of hydrogen-bond acceptors (Lipinski definition) is 5. The smallest absolute Gasteiger partial charge is 0.153 e. The van der Waals surface area contributed by atoms with E-state index in [-0.39, 0.29) is 0 Å². The zero-order chi connectivity index (χ0) is 25.8. The number of hydrogen-bond donors (Lipinski definition) is 1. The first-order valence-corrected chi connectivity index (χ1v) is 13.9. The van der Waals surface area contributed by atoms with E-state index in [9.17, 15) is 9.00 Å². The van der Waals surface area contributed by atoms with E-state index in [0.717, 1.165) is 77.7 Å². The summed E-state index contributed by atoms with van der Waals surface area (Å²) in [5.74, 6) is 1.58. The van der Waals surface area contributed by atoms with Gasteiger partial charge in [0, 0.05) is 17.4 Å². The van der Waals surface area contributed by atoms with Crippen molar-refractivity contribution in [1.82, 2.24) is 0 Å². The second-order valence-corrected chi connectivity index (χ2v) is 11.2. The summed E-state index contributed by atoms with van der Waals surface area (Å²) in [5, 5.41) is 0. The van der Waals surface area contributed by atoms with E-state index in [1.165, 1.54) is 0 Å². The molecule has 1 aliphatic heterocycles. The van der Waals surface area contributed by atoms with Crippen molar-refractivity contribution in [1.29, 1.82) is 0 Å². The van der Waals surface area contributed by atoms with E-state index in [1.54, 1.807) is 6.26 Å². The van der Waals surface area contributed by atoms with E-state index in [1.807, 2.05) is 46.8 Å². The van der Waals surface area contributed by atoms with Crippen molar-refractivity contribution < 1.29 is 23.2 Å². The molecule has 0 fully saturated rings. The van der Waals surface area contributed by atoms with Gasteiger partial charge in [-0.05, 0) is 88.3 Å². The lowest BCUT2D eigenvalue weighted by molar-refractivity contribution is -0.128. The first-order chi connectivity index (χ1) is 16.6. The molecule has 0 saturated carbocycles. The topological polar surface area (TPSA) is 73.9 Å². The molecule has 0 aliphatic carbocycles. The van der Waals surface area contributed by atoms with E-state index in [4.69, 9.17) is 14.2 Å². The van der Waals surface area contributed by atoms with Crippen molar-refractivity contribution >= 4 is 23.0 Å². The van der Waals surface area contributed by atoms with Gasteiger partial charge in [0.25, 0.3) is 0 Å². The molecule has 6 nitrogen and oxygen atoms in total. The molecule has 2 unspecified atom stereocenters. The number of aldehydes is 1. The zero-order valence-electron chi connectivity index (χ0n) is 22.1. The Morgan fingerprint density at radius 1 is 1.23 bits per heavy atom. The second-order valence-electron chi connectivity index (χ2n) is 10.1. The van der Waals surface area contributed by atoms with Crippen LogP contribution in [0, 0.1) is 13.8 Å². The maximum atomic E-state index is 12.4. The van der Waals surface area contributed by atoms with Crippen molar-refractivity contribution in [3.8, 4) is 22.6 Å². The van der Waals surface area contributed by atoms with Gasteiger partial charge in [-0.1, -0.05) is 19.4 Å². The highest BCUT2D eigenvalue weighted by Crippen LogP contribution is 2.47. The third-order valence-corrected chi connectivity index (χ3v) is 6.56. The largest absolute Gasteiger partial charge is 0.493 e. The highest BCUT2D eigenvalue weighted by molar-refractivity contribution is 7.85. The SMILES string of the molecule is CCCCOc1c(C)c(-c2ccc3c(c2)CCCO3)c(C(C=O)OC(C)(C)C)c(C)c1NS(C)=O. The number of carbonyl (C=O) groups is 1. The second kappa shape index (κ2) is 11.6. The van der Waals surface area contributed by atoms with Crippen LogP contribution in [0.1, 0.15) is 75.3 Å². The van der Waals surface area contributed by atoms with Crippen LogP contribution in [0.5, 0.6) is 11.5 Å². The maximum Gasteiger partial charge on any atom is 0.153 e. The Morgan fingerprint density at radius 3 is 2.60 bits per heavy atom. The lowest BCUT2D eigenvalue weighted by Crippen LogP contribution is -2.25. The quantitative estimate of drug-likeness (QED) is 0.308. The van der Waals surface area contributed by atoms with Crippen molar-refractivity contribution in [2.24, 2.45) is 0 Å². The average Bonchev–Trinajstić information content (AvgIpc) is 2.80. The van der Waals surface area contributed by atoms with E-state index in [0.29, 0.717) is 18.0 Å².